The Balaban J connectivity index is 1.57. The van der Waals surface area contributed by atoms with E-state index in [2.05, 4.69) is 15.2 Å². The number of carbonyl (C=O) groups is 2. The lowest BCUT2D eigenvalue weighted by molar-refractivity contribution is -0.118. The molecule has 130 valence electrons. The Morgan fingerprint density at radius 1 is 1.16 bits per heavy atom. The second-order valence-electron chi connectivity index (χ2n) is 5.80. The van der Waals surface area contributed by atoms with Gasteiger partial charge >= 0.3 is 0 Å². The lowest BCUT2D eigenvalue weighted by atomic mass is 10.2. The molecule has 0 aliphatic carbocycles. The van der Waals surface area contributed by atoms with E-state index in [4.69, 9.17) is 11.6 Å². The molecule has 1 saturated heterocycles. The predicted octanol–water partition coefficient (Wildman–Crippen LogP) is 1.94. The minimum absolute atomic E-state index is 0.239. The number of aromatic nitrogens is 1. The van der Waals surface area contributed by atoms with Crippen molar-refractivity contribution in [3.05, 3.63) is 58.9 Å². The molecule has 0 bridgehead atoms. The Hall–Kier alpha value is -2.60. The number of nitrogens with zero attached hydrogens (tertiary/aromatic N) is 3. The highest BCUT2D eigenvalue weighted by Crippen LogP contribution is 2.16. The zero-order chi connectivity index (χ0) is 17.6. The molecule has 0 spiro atoms. The standard InChI is InChI=1S/C18H19ClN4O2/c19-16-4-2-1-3-14(16)11-21-18(25)17-6-5-15(12-20-17)23-9-7-22(13-24)8-10-23/h1-6,12-13H,7-11H2,(H,21,25). The van der Waals surface area contributed by atoms with Crippen molar-refractivity contribution in [2.45, 2.75) is 6.54 Å². The number of benzene rings is 1. The van der Waals surface area contributed by atoms with Crippen LogP contribution in [-0.2, 0) is 11.3 Å². The summed E-state index contributed by atoms with van der Waals surface area (Å²) >= 11 is 6.08. The lowest BCUT2D eigenvalue weighted by Crippen LogP contribution is -2.45. The van der Waals surface area contributed by atoms with Crippen molar-refractivity contribution in [1.82, 2.24) is 15.2 Å². The Morgan fingerprint density at radius 2 is 1.92 bits per heavy atom. The first-order valence-corrected chi connectivity index (χ1v) is 8.47. The third-order valence-corrected chi connectivity index (χ3v) is 4.57. The van der Waals surface area contributed by atoms with Crippen molar-refractivity contribution < 1.29 is 9.59 Å². The van der Waals surface area contributed by atoms with Crippen LogP contribution in [0.5, 0.6) is 0 Å². The van der Waals surface area contributed by atoms with E-state index < -0.39 is 0 Å². The molecule has 3 rings (SSSR count). The molecule has 1 aromatic heterocycles. The van der Waals surface area contributed by atoms with Crippen LogP contribution >= 0.6 is 11.6 Å². The van der Waals surface area contributed by atoms with Crippen LogP contribution in [0.15, 0.2) is 42.6 Å². The largest absolute Gasteiger partial charge is 0.367 e. The molecule has 1 aromatic carbocycles. The average molecular weight is 359 g/mol. The van der Waals surface area contributed by atoms with Crippen LogP contribution in [0.3, 0.4) is 0 Å². The van der Waals surface area contributed by atoms with Gasteiger partial charge in [0.1, 0.15) is 5.69 Å². The van der Waals surface area contributed by atoms with Gasteiger partial charge in [-0.25, -0.2) is 4.98 Å². The van der Waals surface area contributed by atoms with E-state index in [9.17, 15) is 9.59 Å². The number of halogens is 1. The van der Waals surface area contributed by atoms with Gasteiger partial charge in [-0.15, -0.1) is 0 Å². The number of rotatable bonds is 5. The van der Waals surface area contributed by atoms with Gasteiger partial charge in [0, 0.05) is 37.7 Å². The van der Waals surface area contributed by atoms with Gasteiger partial charge in [0.15, 0.2) is 0 Å². The van der Waals surface area contributed by atoms with Gasteiger partial charge in [-0.1, -0.05) is 29.8 Å². The molecular formula is C18H19ClN4O2. The average Bonchev–Trinajstić information content (AvgIpc) is 2.67. The summed E-state index contributed by atoms with van der Waals surface area (Å²) in [5.74, 6) is -0.239. The van der Waals surface area contributed by atoms with Crippen LogP contribution in [0.1, 0.15) is 16.1 Å². The Bertz CT molecular complexity index is 743. The van der Waals surface area contributed by atoms with Crippen LogP contribution in [0.4, 0.5) is 5.69 Å². The smallest absolute Gasteiger partial charge is 0.270 e. The Labute approximate surface area is 151 Å². The Kier molecular flexibility index (Phi) is 5.50. The van der Waals surface area contributed by atoms with Crippen LogP contribution in [0.25, 0.3) is 0 Å². The van der Waals surface area contributed by atoms with Crippen LogP contribution in [0.2, 0.25) is 5.02 Å². The fraction of sp³-hybridized carbons (Fsp3) is 0.278. The summed E-state index contributed by atoms with van der Waals surface area (Å²) in [7, 11) is 0. The van der Waals surface area contributed by atoms with E-state index in [0.717, 1.165) is 30.8 Å². The van der Waals surface area contributed by atoms with E-state index in [1.807, 2.05) is 24.3 Å². The van der Waals surface area contributed by atoms with Crippen molar-refractivity contribution in [3.63, 3.8) is 0 Å². The zero-order valence-electron chi connectivity index (χ0n) is 13.7. The van der Waals surface area contributed by atoms with E-state index in [1.54, 1.807) is 23.2 Å². The monoisotopic (exact) mass is 358 g/mol. The molecule has 6 nitrogen and oxygen atoms in total. The SMILES string of the molecule is O=CN1CCN(c2ccc(C(=O)NCc3ccccc3Cl)nc2)CC1. The third-order valence-electron chi connectivity index (χ3n) is 4.21. The summed E-state index contributed by atoms with van der Waals surface area (Å²) in [5.41, 5.74) is 2.18. The lowest BCUT2D eigenvalue weighted by Gasteiger charge is -2.33. The minimum Gasteiger partial charge on any atom is -0.367 e. The summed E-state index contributed by atoms with van der Waals surface area (Å²) in [6.45, 7) is 3.28. The first-order chi connectivity index (χ1) is 12.2. The van der Waals surface area contributed by atoms with Gasteiger partial charge in [0.25, 0.3) is 5.91 Å². The highest BCUT2D eigenvalue weighted by Gasteiger charge is 2.16. The summed E-state index contributed by atoms with van der Waals surface area (Å²) in [5, 5.41) is 3.45. The van der Waals surface area contributed by atoms with E-state index in [0.29, 0.717) is 30.4 Å². The van der Waals surface area contributed by atoms with E-state index >= 15 is 0 Å². The third kappa shape index (κ3) is 4.28. The van der Waals surface area contributed by atoms with Crippen LogP contribution < -0.4 is 10.2 Å². The molecule has 1 aliphatic heterocycles. The molecule has 2 amide bonds. The minimum atomic E-state index is -0.239. The number of piperazine rings is 1. The molecule has 0 saturated carbocycles. The number of anilines is 1. The van der Waals surface area contributed by atoms with Gasteiger partial charge in [-0.2, -0.15) is 0 Å². The summed E-state index contributed by atoms with van der Waals surface area (Å²) in [4.78, 5) is 31.1. The van der Waals surface area contributed by atoms with Crippen molar-refractivity contribution in [2.75, 3.05) is 31.1 Å². The predicted molar refractivity (Wildman–Crippen MR) is 96.7 cm³/mol. The van der Waals surface area contributed by atoms with Crippen molar-refractivity contribution in [3.8, 4) is 0 Å². The van der Waals surface area contributed by atoms with Gasteiger partial charge in [0.05, 0.1) is 11.9 Å². The maximum Gasteiger partial charge on any atom is 0.270 e. The highest BCUT2D eigenvalue weighted by molar-refractivity contribution is 6.31. The summed E-state index contributed by atoms with van der Waals surface area (Å²) < 4.78 is 0. The van der Waals surface area contributed by atoms with Gasteiger partial charge in [0.2, 0.25) is 6.41 Å². The first-order valence-electron chi connectivity index (χ1n) is 8.09. The number of pyridine rings is 1. The van der Waals surface area contributed by atoms with Crippen molar-refractivity contribution >= 4 is 29.6 Å². The zero-order valence-corrected chi connectivity index (χ0v) is 14.4. The first kappa shape index (κ1) is 17.2. The molecule has 7 heteroatoms. The number of carbonyl (C=O) groups excluding carboxylic acids is 2. The molecule has 1 N–H and O–H groups in total. The molecule has 0 unspecified atom stereocenters. The van der Waals surface area contributed by atoms with Gasteiger partial charge < -0.3 is 15.1 Å². The maximum absolute atomic E-state index is 12.2. The van der Waals surface area contributed by atoms with Gasteiger partial charge in [-0.05, 0) is 23.8 Å². The summed E-state index contributed by atoms with van der Waals surface area (Å²) in [6.07, 6.45) is 2.57. The van der Waals surface area contributed by atoms with Crippen molar-refractivity contribution in [1.29, 1.82) is 0 Å². The van der Waals surface area contributed by atoms with Crippen LogP contribution in [0, 0.1) is 0 Å². The number of hydrogen-bond donors (Lipinski definition) is 1. The molecule has 2 heterocycles. The quantitative estimate of drug-likeness (QED) is 0.830. The molecular weight excluding hydrogens is 340 g/mol. The fourth-order valence-corrected chi connectivity index (χ4v) is 2.90. The molecule has 1 aliphatic rings. The second kappa shape index (κ2) is 7.98. The number of amides is 2. The molecule has 25 heavy (non-hydrogen) atoms. The molecule has 2 aromatic rings. The number of nitrogens with one attached hydrogen (secondary N) is 1. The Morgan fingerprint density at radius 3 is 2.56 bits per heavy atom. The number of hydrogen-bond acceptors (Lipinski definition) is 4. The van der Waals surface area contributed by atoms with Crippen molar-refractivity contribution in [2.24, 2.45) is 0 Å². The van der Waals surface area contributed by atoms with Crippen LogP contribution in [-0.4, -0.2) is 48.4 Å². The molecule has 0 radical (unpaired) electrons. The molecule has 1 fully saturated rings. The second-order valence-corrected chi connectivity index (χ2v) is 6.21. The molecule has 0 atom stereocenters. The highest BCUT2D eigenvalue weighted by atomic mass is 35.5. The summed E-state index contributed by atoms with van der Waals surface area (Å²) in [6, 6.07) is 11.0. The fourth-order valence-electron chi connectivity index (χ4n) is 2.70. The normalized spacial score (nSPS) is 14.3. The maximum atomic E-state index is 12.2. The van der Waals surface area contributed by atoms with Gasteiger partial charge in [-0.3, -0.25) is 9.59 Å². The van der Waals surface area contributed by atoms with E-state index in [1.165, 1.54) is 0 Å². The topological polar surface area (TPSA) is 65.5 Å². The van der Waals surface area contributed by atoms with E-state index in [-0.39, 0.29) is 5.91 Å².